The Morgan fingerprint density at radius 2 is 2.05 bits per heavy atom. The Bertz CT molecular complexity index is 406. The van der Waals surface area contributed by atoms with Crippen LogP contribution in [-0.4, -0.2) is 33.8 Å². The van der Waals surface area contributed by atoms with E-state index in [1.807, 2.05) is 25.2 Å². The molecule has 106 valence electrons. The molecule has 0 saturated heterocycles. The molecule has 5 nitrogen and oxygen atoms in total. The third-order valence-electron chi connectivity index (χ3n) is 2.62. The number of rotatable bonds is 8. The summed E-state index contributed by atoms with van der Waals surface area (Å²) in [6.45, 7) is 1.23. The van der Waals surface area contributed by atoms with Crippen LogP contribution in [0.5, 0.6) is 11.5 Å². The highest BCUT2D eigenvalue weighted by atomic mass is 16.5. The first kappa shape index (κ1) is 15.3. The van der Waals surface area contributed by atoms with E-state index in [0.29, 0.717) is 30.9 Å². The molecule has 1 N–H and O–H groups in total. The molecular weight excluding hydrogens is 246 g/mol. The summed E-state index contributed by atoms with van der Waals surface area (Å²) in [6.07, 6.45) is 0.977. The molecule has 0 heterocycles. The zero-order valence-corrected chi connectivity index (χ0v) is 11.7. The Labute approximate surface area is 113 Å². The van der Waals surface area contributed by atoms with Gasteiger partial charge in [0.1, 0.15) is 0 Å². The van der Waals surface area contributed by atoms with Crippen LogP contribution < -0.4 is 14.8 Å². The molecule has 0 radical (unpaired) electrons. The highest BCUT2D eigenvalue weighted by Crippen LogP contribution is 2.28. The Balaban J connectivity index is 2.50. The molecule has 0 atom stereocenters. The first-order chi connectivity index (χ1) is 9.21. The Morgan fingerprint density at radius 1 is 1.26 bits per heavy atom. The van der Waals surface area contributed by atoms with Crippen molar-refractivity contribution < 1.29 is 19.0 Å². The molecule has 1 rings (SSSR count). The van der Waals surface area contributed by atoms with E-state index < -0.39 is 0 Å². The minimum Gasteiger partial charge on any atom is -0.493 e. The zero-order valence-electron chi connectivity index (χ0n) is 11.7. The average molecular weight is 267 g/mol. The lowest BCUT2D eigenvalue weighted by molar-refractivity contribution is -0.140. The van der Waals surface area contributed by atoms with Crippen LogP contribution in [-0.2, 0) is 16.1 Å². The first-order valence-electron chi connectivity index (χ1n) is 6.22. The van der Waals surface area contributed by atoms with Crippen molar-refractivity contribution in [2.45, 2.75) is 19.4 Å². The van der Waals surface area contributed by atoms with Gasteiger partial charge in [-0.1, -0.05) is 6.07 Å². The van der Waals surface area contributed by atoms with Gasteiger partial charge in [0.25, 0.3) is 0 Å². The van der Waals surface area contributed by atoms with Gasteiger partial charge in [-0.3, -0.25) is 4.79 Å². The fourth-order valence-electron chi connectivity index (χ4n) is 1.65. The van der Waals surface area contributed by atoms with E-state index in [2.05, 4.69) is 10.1 Å². The number of benzene rings is 1. The summed E-state index contributed by atoms with van der Waals surface area (Å²) in [7, 11) is 4.89. The normalized spacial score (nSPS) is 10.1. The Morgan fingerprint density at radius 3 is 2.68 bits per heavy atom. The molecule has 0 fully saturated rings. The third kappa shape index (κ3) is 5.18. The lowest BCUT2D eigenvalue weighted by atomic mass is 10.2. The van der Waals surface area contributed by atoms with Gasteiger partial charge in [-0.2, -0.15) is 0 Å². The van der Waals surface area contributed by atoms with Crippen LogP contribution >= 0.6 is 0 Å². The molecule has 0 saturated carbocycles. The number of ether oxygens (including phenoxy) is 3. The van der Waals surface area contributed by atoms with Crippen molar-refractivity contribution in [1.29, 1.82) is 0 Å². The average Bonchev–Trinajstić information content (AvgIpc) is 2.44. The topological polar surface area (TPSA) is 56.8 Å². The maximum atomic E-state index is 11.0. The summed E-state index contributed by atoms with van der Waals surface area (Å²) in [4.78, 5) is 11.0. The van der Waals surface area contributed by atoms with E-state index in [0.717, 1.165) is 12.1 Å². The molecule has 0 unspecified atom stereocenters. The number of methoxy groups -OCH3 is 2. The lowest BCUT2D eigenvalue weighted by Gasteiger charge is -2.12. The minimum atomic E-state index is -0.222. The van der Waals surface area contributed by atoms with Gasteiger partial charge in [-0.15, -0.1) is 0 Å². The molecule has 0 aromatic heterocycles. The van der Waals surface area contributed by atoms with Crippen molar-refractivity contribution in [1.82, 2.24) is 5.32 Å². The lowest BCUT2D eigenvalue weighted by Crippen LogP contribution is -2.07. The van der Waals surface area contributed by atoms with Crippen LogP contribution in [0.25, 0.3) is 0 Å². The van der Waals surface area contributed by atoms with E-state index >= 15 is 0 Å². The minimum absolute atomic E-state index is 0.222. The maximum absolute atomic E-state index is 11.0. The molecule has 0 aliphatic heterocycles. The Hall–Kier alpha value is -1.75. The molecular formula is C14H21NO4. The predicted molar refractivity (Wildman–Crippen MR) is 72.5 cm³/mol. The van der Waals surface area contributed by atoms with Crippen LogP contribution in [0.1, 0.15) is 18.4 Å². The van der Waals surface area contributed by atoms with E-state index in [1.165, 1.54) is 7.11 Å². The molecule has 5 heteroatoms. The summed E-state index contributed by atoms with van der Waals surface area (Å²) < 4.78 is 15.5. The van der Waals surface area contributed by atoms with Crippen molar-refractivity contribution in [2.24, 2.45) is 0 Å². The quantitative estimate of drug-likeness (QED) is 0.574. The summed E-state index contributed by atoms with van der Waals surface area (Å²) in [5.41, 5.74) is 1.13. The second kappa shape index (κ2) is 8.37. The number of carbonyl (C=O) groups is 1. The van der Waals surface area contributed by atoms with E-state index in [-0.39, 0.29) is 5.97 Å². The number of hydrogen-bond donors (Lipinski definition) is 1. The van der Waals surface area contributed by atoms with Crippen LogP contribution in [0, 0.1) is 0 Å². The van der Waals surface area contributed by atoms with Gasteiger partial charge in [-0.05, 0) is 31.2 Å². The van der Waals surface area contributed by atoms with Crippen molar-refractivity contribution in [2.75, 3.05) is 27.9 Å². The van der Waals surface area contributed by atoms with Gasteiger partial charge < -0.3 is 19.5 Å². The van der Waals surface area contributed by atoms with E-state index in [1.54, 1.807) is 7.11 Å². The zero-order chi connectivity index (χ0) is 14.1. The standard InChI is InChI=1S/C14H21NO4/c1-15-10-11-6-7-12(13(9-11)17-2)19-8-4-5-14(16)18-3/h6-7,9,15H,4-5,8,10H2,1-3H3. The van der Waals surface area contributed by atoms with Crippen molar-refractivity contribution in [3.05, 3.63) is 23.8 Å². The van der Waals surface area contributed by atoms with Gasteiger partial charge in [0.05, 0.1) is 20.8 Å². The van der Waals surface area contributed by atoms with E-state index in [4.69, 9.17) is 9.47 Å². The van der Waals surface area contributed by atoms with Crippen LogP contribution in [0.3, 0.4) is 0 Å². The van der Waals surface area contributed by atoms with Gasteiger partial charge in [-0.25, -0.2) is 0 Å². The van der Waals surface area contributed by atoms with Gasteiger partial charge in [0.2, 0.25) is 0 Å². The Kier molecular flexibility index (Phi) is 6.74. The molecule has 0 aliphatic carbocycles. The molecule has 1 aromatic carbocycles. The summed E-state index contributed by atoms with van der Waals surface area (Å²) in [6, 6.07) is 5.80. The number of nitrogens with one attached hydrogen (secondary N) is 1. The van der Waals surface area contributed by atoms with Crippen molar-refractivity contribution >= 4 is 5.97 Å². The number of esters is 1. The van der Waals surface area contributed by atoms with Gasteiger partial charge in [0.15, 0.2) is 11.5 Å². The van der Waals surface area contributed by atoms with E-state index in [9.17, 15) is 4.79 Å². The number of carbonyl (C=O) groups excluding carboxylic acids is 1. The fourth-order valence-corrected chi connectivity index (χ4v) is 1.65. The SMILES string of the molecule is CNCc1ccc(OCCCC(=O)OC)c(OC)c1. The summed E-state index contributed by atoms with van der Waals surface area (Å²) >= 11 is 0. The predicted octanol–water partition coefficient (Wildman–Crippen LogP) is 1.75. The fraction of sp³-hybridized carbons (Fsp3) is 0.500. The molecule has 0 bridgehead atoms. The molecule has 0 amide bonds. The van der Waals surface area contributed by atoms with Crippen LogP contribution in [0.2, 0.25) is 0 Å². The molecule has 0 spiro atoms. The first-order valence-corrected chi connectivity index (χ1v) is 6.22. The highest BCUT2D eigenvalue weighted by molar-refractivity contribution is 5.69. The highest BCUT2D eigenvalue weighted by Gasteiger charge is 2.06. The smallest absolute Gasteiger partial charge is 0.305 e. The molecule has 19 heavy (non-hydrogen) atoms. The summed E-state index contributed by atoms with van der Waals surface area (Å²) in [5.74, 6) is 1.16. The maximum Gasteiger partial charge on any atom is 0.305 e. The largest absolute Gasteiger partial charge is 0.493 e. The second-order valence-electron chi connectivity index (χ2n) is 4.04. The molecule has 1 aromatic rings. The molecule has 0 aliphatic rings. The van der Waals surface area contributed by atoms with Crippen LogP contribution in [0.15, 0.2) is 18.2 Å². The monoisotopic (exact) mass is 267 g/mol. The van der Waals surface area contributed by atoms with Crippen molar-refractivity contribution in [3.8, 4) is 11.5 Å². The van der Waals surface area contributed by atoms with Gasteiger partial charge >= 0.3 is 5.97 Å². The summed E-state index contributed by atoms with van der Waals surface area (Å²) in [5, 5.41) is 3.08. The van der Waals surface area contributed by atoms with Crippen LogP contribution in [0.4, 0.5) is 0 Å². The number of hydrogen-bond acceptors (Lipinski definition) is 5. The second-order valence-corrected chi connectivity index (χ2v) is 4.04. The third-order valence-corrected chi connectivity index (χ3v) is 2.62. The van der Waals surface area contributed by atoms with Crippen molar-refractivity contribution in [3.63, 3.8) is 0 Å². The van der Waals surface area contributed by atoms with Gasteiger partial charge in [0, 0.05) is 13.0 Å².